The topological polar surface area (TPSA) is 87.1 Å². The fraction of sp³-hybridized carbons (Fsp3) is 0.818. The first-order valence-corrected chi connectivity index (χ1v) is 5.68. The van der Waals surface area contributed by atoms with Crippen LogP contribution in [0.4, 0.5) is 0 Å². The molecule has 0 aromatic rings. The maximum absolute atomic E-state index is 11.7. The largest absolute Gasteiger partial charge is 0.481 e. The zero-order chi connectivity index (χ0) is 13.3. The molecule has 0 saturated carbocycles. The van der Waals surface area contributed by atoms with Gasteiger partial charge in [-0.05, 0) is 0 Å². The lowest BCUT2D eigenvalue weighted by atomic mass is 10.2. The summed E-state index contributed by atoms with van der Waals surface area (Å²) in [5.41, 5.74) is 0. The number of amides is 1. The Kier molecular flexibility index (Phi) is 8.35. The van der Waals surface area contributed by atoms with Crippen molar-refractivity contribution in [3.63, 3.8) is 0 Å². The molecular formula is C11H21NO5. The number of carbonyl (C=O) groups excluding carboxylic acids is 1. The number of hydrogen-bond acceptors (Lipinski definition) is 4. The van der Waals surface area contributed by atoms with Crippen molar-refractivity contribution in [2.24, 2.45) is 5.92 Å². The second-order valence-electron chi connectivity index (χ2n) is 3.96. The molecule has 0 aliphatic rings. The van der Waals surface area contributed by atoms with E-state index in [4.69, 9.17) is 14.9 Å². The molecule has 17 heavy (non-hydrogen) atoms. The van der Waals surface area contributed by atoms with Gasteiger partial charge in [-0.15, -0.1) is 0 Å². The molecular weight excluding hydrogens is 226 g/mol. The van der Waals surface area contributed by atoms with Crippen LogP contribution in [0.1, 0.15) is 20.3 Å². The first-order chi connectivity index (χ1) is 7.99. The van der Waals surface area contributed by atoms with Gasteiger partial charge in [-0.1, -0.05) is 13.8 Å². The SMILES string of the molecule is CC(C)C(=O)N(CCOCCO)CCC(=O)O. The van der Waals surface area contributed by atoms with Crippen molar-refractivity contribution in [2.75, 3.05) is 32.9 Å². The normalized spacial score (nSPS) is 10.6. The summed E-state index contributed by atoms with van der Waals surface area (Å²) in [6.07, 6.45) is -0.0710. The molecule has 0 atom stereocenters. The van der Waals surface area contributed by atoms with Gasteiger partial charge in [0.2, 0.25) is 5.91 Å². The fourth-order valence-corrected chi connectivity index (χ4v) is 1.27. The Balaban J connectivity index is 4.10. The van der Waals surface area contributed by atoms with Gasteiger partial charge in [-0.25, -0.2) is 0 Å². The Bertz CT molecular complexity index is 242. The highest BCUT2D eigenvalue weighted by Crippen LogP contribution is 2.02. The standard InChI is InChI=1S/C11H21NO5/c1-9(2)11(16)12(4-3-10(14)15)5-7-17-8-6-13/h9,13H,3-8H2,1-2H3,(H,14,15). The van der Waals surface area contributed by atoms with Crippen LogP contribution >= 0.6 is 0 Å². The number of carboxylic acids is 1. The van der Waals surface area contributed by atoms with Gasteiger partial charge in [0.1, 0.15) is 0 Å². The molecule has 0 saturated heterocycles. The van der Waals surface area contributed by atoms with Gasteiger partial charge in [0.05, 0.1) is 26.2 Å². The molecule has 0 rings (SSSR count). The fourth-order valence-electron chi connectivity index (χ4n) is 1.27. The lowest BCUT2D eigenvalue weighted by Crippen LogP contribution is -2.38. The summed E-state index contributed by atoms with van der Waals surface area (Å²) in [6.45, 7) is 4.54. The van der Waals surface area contributed by atoms with Crippen molar-refractivity contribution in [3.8, 4) is 0 Å². The number of rotatable bonds is 9. The van der Waals surface area contributed by atoms with E-state index in [1.807, 2.05) is 0 Å². The predicted octanol–water partition coefficient (Wildman–Crippen LogP) is -0.0454. The Morgan fingerprint density at radius 3 is 2.35 bits per heavy atom. The lowest BCUT2D eigenvalue weighted by molar-refractivity contribution is -0.139. The Morgan fingerprint density at radius 1 is 1.24 bits per heavy atom. The number of nitrogens with zero attached hydrogens (tertiary/aromatic N) is 1. The maximum atomic E-state index is 11.7. The molecule has 0 aliphatic carbocycles. The summed E-state index contributed by atoms with van der Waals surface area (Å²) in [4.78, 5) is 23.7. The van der Waals surface area contributed by atoms with Gasteiger partial charge in [0.25, 0.3) is 0 Å². The minimum atomic E-state index is -0.928. The first kappa shape index (κ1) is 15.9. The summed E-state index contributed by atoms with van der Waals surface area (Å²) in [5.74, 6) is -1.18. The number of ether oxygens (including phenoxy) is 1. The Labute approximate surface area is 101 Å². The van der Waals surface area contributed by atoms with Crippen molar-refractivity contribution < 1.29 is 24.5 Å². The third-order valence-corrected chi connectivity index (χ3v) is 2.14. The van der Waals surface area contributed by atoms with Crippen LogP contribution in [0.2, 0.25) is 0 Å². The zero-order valence-corrected chi connectivity index (χ0v) is 10.4. The van der Waals surface area contributed by atoms with Crippen LogP contribution in [0.25, 0.3) is 0 Å². The predicted molar refractivity (Wildman–Crippen MR) is 61.6 cm³/mol. The summed E-state index contributed by atoms with van der Waals surface area (Å²) in [7, 11) is 0. The highest BCUT2D eigenvalue weighted by Gasteiger charge is 2.17. The molecule has 0 radical (unpaired) electrons. The van der Waals surface area contributed by atoms with Gasteiger partial charge in [-0.2, -0.15) is 0 Å². The van der Waals surface area contributed by atoms with E-state index in [0.717, 1.165) is 0 Å². The second-order valence-corrected chi connectivity index (χ2v) is 3.96. The van der Waals surface area contributed by atoms with Gasteiger partial charge >= 0.3 is 5.97 Å². The van der Waals surface area contributed by atoms with E-state index in [-0.39, 0.29) is 38.0 Å². The molecule has 1 amide bonds. The van der Waals surface area contributed by atoms with Crippen LogP contribution in [-0.4, -0.2) is 59.9 Å². The molecule has 0 unspecified atom stereocenters. The molecule has 0 aliphatic heterocycles. The number of hydrogen-bond donors (Lipinski definition) is 2. The van der Waals surface area contributed by atoms with E-state index >= 15 is 0 Å². The number of carbonyl (C=O) groups is 2. The third-order valence-electron chi connectivity index (χ3n) is 2.14. The maximum Gasteiger partial charge on any atom is 0.305 e. The smallest absolute Gasteiger partial charge is 0.305 e. The Morgan fingerprint density at radius 2 is 1.88 bits per heavy atom. The minimum absolute atomic E-state index is 0.0622. The van der Waals surface area contributed by atoms with Crippen LogP contribution in [0.15, 0.2) is 0 Å². The number of aliphatic hydroxyl groups excluding tert-OH is 1. The van der Waals surface area contributed by atoms with E-state index < -0.39 is 5.97 Å². The molecule has 0 heterocycles. The molecule has 0 aromatic carbocycles. The molecule has 6 nitrogen and oxygen atoms in total. The monoisotopic (exact) mass is 247 g/mol. The van der Waals surface area contributed by atoms with E-state index in [1.54, 1.807) is 13.8 Å². The molecule has 100 valence electrons. The number of aliphatic carboxylic acids is 1. The van der Waals surface area contributed by atoms with Gasteiger partial charge in [0.15, 0.2) is 0 Å². The van der Waals surface area contributed by atoms with Crippen molar-refractivity contribution in [3.05, 3.63) is 0 Å². The van der Waals surface area contributed by atoms with Gasteiger partial charge < -0.3 is 19.8 Å². The van der Waals surface area contributed by atoms with Crippen molar-refractivity contribution >= 4 is 11.9 Å². The van der Waals surface area contributed by atoms with E-state index in [1.165, 1.54) is 4.90 Å². The van der Waals surface area contributed by atoms with Crippen LogP contribution in [0.3, 0.4) is 0 Å². The van der Waals surface area contributed by atoms with E-state index in [0.29, 0.717) is 13.2 Å². The molecule has 0 bridgehead atoms. The number of aliphatic hydroxyl groups is 1. The quantitative estimate of drug-likeness (QED) is 0.558. The highest BCUT2D eigenvalue weighted by atomic mass is 16.5. The average molecular weight is 247 g/mol. The zero-order valence-electron chi connectivity index (χ0n) is 10.4. The molecule has 0 spiro atoms. The molecule has 0 aromatic heterocycles. The molecule has 0 fully saturated rings. The highest BCUT2D eigenvalue weighted by molar-refractivity contribution is 5.78. The molecule has 2 N–H and O–H groups in total. The average Bonchev–Trinajstić information content (AvgIpc) is 2.26. The summed E-state index contributed by atoms with van der Waals surface area (Å²) < 4.78 is 5.06. The first-order valence-electron chi connectivity index (χ1n) is 5.68. The van der Waals surface area contributed by atoms with Gasteiger partial charge in [0, 0.05) is 19.0 Å². The van der Waals surface area contributed by atoms with E-state index in [2.05, 4.69) is 0 Å². The van der Waals surface area contributed by atoms with Crippen LogP contribution in [-0.2, 0) is 14.3 Å². The van der Waals surface area contributed by atoms with Crippen LogP contribution in [0.5, 0.6) is 0 Å². The van der Waals surface area contributed by atoms with Gasteiger partial charge in [-0.3, -0.25) is 9.59 Å². The van der Waals surface area contributed by atoms with Crippen molar-refractivity contribution in [1.29, 1.82) is 0 Å². The minimum Gasteiger partial charge on any atom is -0.481 e. The summed E-state index contributed by atoms with van der Waals surface area (Å²) >= 11 is 0. The summed E-state index contributed by atoms with van der Waals surface area (Å²) in [5, 5.41) is 17.1. The van der Waals surface area contributed by atoms with Crippen molar-refractivity contribution in [1.82, 2.24) is 4.90 Å². The lowest BCUT2D eigenvalue weighted by Gasteiger charge is -2.23. The van der Waals surface area contributed by atoms with Crippen LogP contribution in [0, 0.1) is 5.92 Å². The number of carboxylic acid groups (broad SMARTS) is 1. The molecule has 6 heteroatoms. The second kappa shape index (κ2) is 8.95. The van der Waals surface area contributed by atoms with Crippen LogP contribution < -0.4 is 0 Å². The van der Waals surface area contributed by atoms with E-state index in [9.17, 15) is 9.59 Å². The van der Waals surface area contributed by atoms with Crippen molar-refractivity contribution in [2.45, 2.75) is 20.3 Å². The Hall–Kier alpha value is -1.14. The summed E-state index contributed by atoms with van der Waals surface area (Å²) in [6, 6.07) is 0. The third kappa shape index (κ3) is 7.70.